The van der Waals surface area contributed by atoms with E-state index in [2.05, 4.69) is 5.32 Å². The Morgan fingerprint density at radius 3 is 2.24 bits per heavy atom. The van der Waals surface area contributed by atoms with Gasteiger partial charge in [-0.25, -0.2) is 0 Å². The average molecular weight is 345 g/mol. The molecule has 1 N–H and O–H groups in total. The maximum atomic E-state index is 6.11. The fourth-order valence-corrected chi connectivity index (χ4v) is 2.74. The van der Waals surface area contributed by atoms with E-state index in [9.17, 15) is 0 Å². The van der Waals surface area contributed by atoms with Gasteiger partial charge < -0.3 is 10.1 Å². The summed E-state index contributed by atoms with van der Waals surface area (Å²) in [5.74, 6) is 0.807. The zero-order valence-corrected chi connectivity index (χ0v) is 13.8. The van der Waals surface area contributed by atoms with Gasteiger partial charge in [-0.2, -0.15) is 0 Å². The van der Waals surface area contributed by atoms with E-state index in [1.54, 1.807) is 7.11 Å². The van der Waals surface area contributed by atoms with Crippen LogP contribution in [0.25, 0.3) is 0 Å². The molecule has 0 spiro atoms. The molecule has 0 aliphatic heterocycles. The second-order valence-electron chi connectivity index (χ2n) is 4.58. The molecule has 5 heteroatoms. The summed E-state index contributed by atoms with van der Waals surface area (Å²) in [4.78, 5) is 0. The van der Waals surface area contributed by atoms with Crippen LogP contribution in [0.2, 0.25) is 0 Å². The van der Waals surface area contributed by atoms with E-state index < -0.39 is 9.83 Å². The SMILES string of the molecule is COc1ccccc1CNC(c1ccccc1)C(Cl)(Cl)Cl. The van der Waals surface area contributed by atoms with Gasteiger partial charge >= 0.3 is 0 Å². The highest BCUT2D eigenvalue weighted by Crippen LogP contribution is 2.40. The molecule has 0 aliphatic rings. The van der Waals surface area contributed by atoms with Crippen LogP contribution in [-0.4, -0.2) is 10.9 Å². The highest BCUT2D eigenvalue weighted by Gasteiger charge is 2.33. The van der Waals surface area contributed by atoms with Crippen LogP contribution < -0.4 is 10.1 Å². The molecular weight excluding hydrogens is 329 g/mol. The van der Waals surface area contributed by atoms with Crippen molar-refractivity contribution in [3.05, 3.63) is 65.7 Å². The molecule has 0 bridgehead atoms. The minimum absolute atomic E-state index is 0.409. The molecule has 0 aliphatic carbocycles. The van der Waals surface area contributed by atoms with E-state index in [1.807, 2.05) is 54.6 Å². The first-order valence-electron chi connectivity index (χ1n) is 6.49. The number of alkyl halides is 3. The van der Waals surface area contributed by atoms with Gasteiger partial charge in [0, 0.05) is 12.1 Å². The van der Waals surface area contributed by atoms with Crippen LogP contribution in [0.5, 0.6) is 5.75 Å². The quantitative estimate of drug-likeness (QED) is 0.779. The van der Waals surface area contributed by atoms with E-state index in [1.165, 1.54) is 0 Å². The molecule has 1 unspecified atom stereocenters. The van der Waals surface area contributed by atoms with E-state index in [0.29, 0.717) is 6.54 Å². The number of halogens is 3. The predicted octanol–water partition coefficient (Wildman–Crippen LogP) is 4.90. The van der Waals surface area contributed by atoms with Crippen molar-refractivity contribution in [3.8, 4) is 5.75 Å². The monoisotopic (exact) mass is 343 g/mol. The number of ether oxygens (including phenoxy) is 1. The Balaban J connectivity index is 2.17. The van der Waals surface area contributed by atoms with Crippen molar-refractivity contribution in [2.75, 3.05) is 7.11 Å². The number of rotatable bonds is 5. The minimum atomic E-state index is -1.44. The summed E-state index contributed by atoms with van der Waals surface area (Å²) < 4.78 is 3.89. The summed E-state index contributed by atoms with van der Waals surface area (Å²) in [7, 11) is 1.64. The lowest BCUT2D eigenvalue weighted by Gasteiger charge is -2.26. The number of methoxy groups -OCH3 is 1. The summed E-state index contributed by atoms with van der Waals surface area (Å²) in [5.41, 5.74) is 1.93. The zero-order chi connectivity index (χ0) is 15.3. The molecule has 0 saturated carbocycles. The summed E-state index contributed by atoms with van der Waals surface area (Å²) in [6.45, 7) is 0.539. The maximum absolute atomic E-state index is 6.11. The average Bonchev–Trinajstić information content (AvgIpc) is 2.47. The number of para-hydroxylation sites is 1. The van der Waals surface area contributed by atoms with Gasteiger partial charge in [0.2, 0.25) is 3.79 Å². The normalized spacial score (nSPS) is 13.0. The van der Waals surface area contributed by atoms with Crippen molar-refractivity contribution in [2.45, 2.75) is 16.4 Å². The molecular formula is C16H16Cl3NO. The fourth-order valence-electron chi connectivity index (χ4n) is 2.13. The molecule has 0 aromatic heterocycles. The summed E-state index contributed by atoms with van der Waals surface area (Å²) in [6, 6.07) is 17.0. The van der Waals surface area contributed by atoms with Crippen molar-refractivity contribution < 1.29 is 4.74 Å². The lowest BCUT2D eigenvalue weighted by Crippen LogP contribution is -2.31. The Kier molecular flexibility index (Phi) is 5.77. The van der Waals surface area contributed by atoms with Gasteiger partial charge in [0.1, 0.15) is 5.75 Å². The standard InChI is InChI=1S/C16H16Cl3NO/c1-21-14-10-6-5-9-13(14)11-20-15(16(17,18)19)12-7-3-2-4-8-12/h2-10,15,20H,11H2,1H3. The lowest BCUT2D eigenvalue weighted by molar-refractivity contribution is 0.405. The van der Waals surface area contributed by atoms with Gasteiger partial charge in [-0.3, -0.25) is 0 Å². The maximum Gasteiger partial charge on any atom is 0.209 e. The predicted molar refractivity (Wildman–Crippen MR) is 89.3 cm³/mol. The lowest BCUT2D eigenvalue weighted by atomic mass is 10.1. The van der Waals surface area contributed by atoms with Crippen molar-refractivity contribution in [2.24, 2.45) is 0 Å². The number of nitrogens with one attached hydrogen (secondary N) is 1. The topological polar surface area (TPSA) is 21.3 Å². The van der Waals surface area contributed by atoms with Gasteiger partial charge in [-0.1, -0.05) is 83.3 Å². The molecule has 0 radical (unpaired) electrons. The van der Waals surface area contributed by atoms with Crippen molar-refractivity contribution in [1.29, 1.82) is 0 Å². The highest BCUT2D eigenvalue weighted by molar-refractivity contribution is 6.68. The van der Waals surface area contributed by atoms with E-state index in [4.69, 9.17) is 39.5 Å². The van der Waals surface area contributed by atoms with Crippen LogP contribution in [-0.2, 0) is 6.54 Å². The Morgan fingerprint density at radius 2 is 1.62 bits per heavy atom. The van der Waals surface area contributed by atoms with Gasteiger partial charge in [-0.15, -0.1) is 0 Å². The molecule has 2 aromatic carbocycles. The zero-order valence-electron chi connectivity index (χ0n) is 11.5. The highest BCUT2D eigenvalue weighted by atomic mass is 35.6. The van der Waals surface area contributed by atoms with E-state index in [0.717, 1.165) is 16.9 Å². The van der Waals surface area contributed by atoms with Crippen LogP contribution in [0.1, 0.15) is 17.2 Å². The summed E-state index contributed by atoms with van der Waals surface area (Å²) >= 11 is 18.3. The summed E-state index contributed by atoms with van der Waals surface area (Å²) in [5, 5.41) is 3.29. The first kappa shape index (κ1) is 16.4. The fraction of sp³-hybridized carbons (Fsp3) is 0.250. The Bertz CT molecular complexity index is 569. The Hall–Kier alpha value is -0.930. The molecule has 2 rings (SSSR count). The first-order valence-corrected chi connectivity index (χ1v) is 7.62. The largest absolute Gasteiger partial charge is 0.496 e. The van der Waals surface area contributed by atoms with Crippen LogP contribution in [0.4, 0.5) is 0 Å². The van der Waals surface area contributed by atoms with Crippen LogP contribution in [0.3, 0.4) is 0 Å². The smallest absolute Gasteiger partial charge is 0.209 e. The third-order valence-corrected chi connectivity index (χ3v) is 3.80. The van der Waals surface area contributed by atoms with Crippen molar-refractivity contribution in [1.82, 2.24) is 5.32 Å². The molecule has 0 amide bonds. The van der Waals surface area contributed by atoms with Crippen molar-refractivity contribution in [3.63, 3.8) is 0 Å². The van der Waals surface area contributed by atoms with E-state index in [-0.39, 0.29) is 0 Å². The van der Waals surface area contributed by atoms with E-state index >= 15 is 0 Å². The minimum Gasteiger partial charge on any atom is -0.496 e. The third-order valence-electron chi connectivity index (χ3n) is 3.15. The van der Waals surface area contributed by atoms with Crippen molar-refractivity contribution >= 4 is 34.8 Å². The number of benzene rings is 2. The number of hydrogen-bond donors (Lipinski definition) is 1. The van der Waals surface area contributed by atoms with Gasteiger partial charge in [-0.05, 0) is 11.6 Å². The molecule has 0 saturated heterocycles. The molecule has 112 valence electrons. The van der Waals surface area contributed by atoms with Crippen LogP contribution >= 0.6 is 34.8 Å². The second-order valence-corrected chi connectivity index (χ2v) is 6.95. The first-order chi connectivity index (χ1) is 10.0. The molecule has 1 atom stereocenters. The second kappa shape index (κ2) is 7.37. The summed E-state index contributed by atoms with van der Waals surface area (Å²) in [6.07, 6.45) is 0. The van der Waals surface area contributed by atoms with Crippen LogP contribution in [0, 0.1) is 0 Å². The molecule has 21 heavy (non-hydrogen) atoms. The van der Waals surface area contributed by atoms with Gasteiger partial charge in [0.05, 0.1) is 13.2 Å². The third kappa shape index (κ3) is 4.52. The Morgan fingerprint density at radius 1 is 1.00 bits per heavy atom. The van der Waals surface area contributed by atoms with Gasteiger partial charge in [0.15, 0.2) is 0 Å². The molecule has 2 nitrogen and oxygen atoms in total. The number of hydrogen-bond acceptors (Lipinski definition) is 2. The molecule has 0 heterocycles. The Labute approximate surface area is 140 Å². The van der Waals surface area contributed by atoms with Gasteiger partial charge in [0.25, 0.3) is 0 Å². The molecule has 0 fully saturated rings. The molecule has 2 aromatic rings. The van der Waals surface area contributed by atoms with Crippen LogP contribution in [0.15, 0.2) is 54.6 Å².